The van der Waals surface area contributed by atoms with Gasteiger partial charge >= 0.3 is 5.97 Å². The summed E-state index contributed by atoms with van der Waals surface area (Å²) in [7, 11) is 1.29. The van der Waals surface area contributed by atoms with Crippen molar-refractivity contribution in [3.63, 3.8) is 0 Å². The van der Waals surface area contributed by atoms with E-state index in [-0.39, 0.29) is 16.5 Å². The van der Waals surface area contributed by atoms with Gasteiger partial charge in [-0.3, -0.25) is 10.1 Å². The van der Waals surface area contributed by atoms with Crippen molar-refractivity contribution in [2.45, 2.75) is 38.1 Å². The van der Waals surface area contributed by atoms with Crippen LogP contribution in [0.4, 0.5) is 11.4 Å². The Balaban J connectivity index is 1.58. The number of anilines is 1. The van der Waals surface area contributed by atoms with Crippen LogP contribution >= 0.6 is 0 Å². The Bertz CT molecular complexity index is 968. The van der Waals surface area contributed by atoms with Crippen molar-refractivity contribution in [2.75, 3.05) is 25.1 Å². The molecule has 2 aromatic rings. The van der Waals surface area contributed by atoms with E-state index in [2.05, 4.69) is 24.4 Å². The molecule has 0 spiro atoms. The minimum absolute atomic E-state index is 0.0316. The fourth-order valence-corrected chi connectivity index (χ4v) is 4.17. The van der Waals surface area contributed by atoms with Crippen molar-refractivity contribution in [2.24, 2.45) is 0 Å². The number of hydrogen-bond acceptors (Lipinski definition) is 7. The van der Waals surface area contributed by atoms with E-state index in [9.17, 15) is 14.9 Å². The predicted molar refractivity (Wildman–Crippen MR) is 107 cm³/mol. The molecule has 0 amide bonds. The summed E-state index contributed by atoms with van der Waals surface area (Å²) in [6, 6.07) is 5.03. The molecule has 1 unspecified atom stereocenters. The number of carbonyl (C=O) groups excluding carboxylic acids is 1. The summed E-state index contributed by atoms with van der Waals surface area (Å²) >= 11 is 0. The molecule has 0 bridgehead atoms. The van der Waals surface area contributed by atoms with E-state index in [1.165, 1.54) is 25.3 Å². The lowest BCUT2D eigenvalue weighted by Gasteiger charge is -2.33. The lowest BCUT2D eigenvalue weighted by atomic mass is 9.96. The molecule has 1 aromatic heterocycles. The van der Waals surface area contributed by atoms with Crippen molar-refractivity contribution in [3.8, 4) is 0 Å². The van der Waals surface area contributed by atoms with Crippen molar-refractivity contribution >= 4 is 23.4 Å². The van der Waals surface area contributed by atoms with Crippen LogP contribution in [0.2, 0.25) is 0 Å². The maximum absolute atomic E-state index is 11.7. The average Bonchev–Trinajstić information content (AvgIpc) is 3.35. The zero-order chi connectivity index (χ0) is 20.4. The van der Waals surface area contributed by atoms with Gasteiger partial charge in [-0.15, -0.1) is 10.2 Å². The van der Waals surface area contributed by atoms with Crippen LogP contribution in [0.3, 0.4) is 0 Å². The first kappa shape index (κ1) is 19.1. The summed E-state index contributed by atoms with van der Waals surface area (Å²) in [6.45, 7) is 2.39. The van der Waals surface area contributed by atoms with E-state index >= 15 is 0 Å². The van der Waals surface area contributed by atoms with E-state index in [1.54, 1.807) is 12.1 Å². The summed E-state index contributed by atoms with van der Waals surface area (Å²) in [4.78, 5) is 24.7. The number of piperidine rings is 1. The second kappa shape index (κ2) is 8.02. The Morgan fingerprint density at radius 2 is 2.17 bits per heavy atom. The van der Waals surface area contributed by atoms with Gasteiger partial charge in [0.05, 0.1) is 12.0 Å². The van der Waals surface area contributed by atoms with Crippen LogP contribution in [0.25, 0.3) is 6.08 Å². The highest BCUT2D eigenvalue weighted by Crippen LogP contribution is 2.35. The SMILES string of the molecule is COC(=O)/C=C/c1ccc(N2CCCC(c3nnc4n3CCC4)C2)c([N+](=O)[O-])c1. The number of carbonyl (C=O) groups is 1. The Kier molecular flexibility index (Phi) is 5.28. The molecule has 0 radical (unpaired) electrons. The van der Waals surface area contributed by atoms with Gasteiger partial charge in [0.15, 0.2) is 0 Å². The predicted octanol–water partition coefficient (Wildman–Crippen LogP) is 2.70. The van der Waals surface area contributed by atoms with E-state index in [4.69, 9.17) is 0 Å². The van der Waals surface area contributed by atoms with Crippen LogP contribution in [-0.4, -0.2) is 45.9 Å². The third-order valence-electron chi connectivity index (χ3n) is 5.57. The normalized spacial score (nSPS) is 18.8. The van der Waals surface area contributed by atoms with Gasteiger partial charge in [-0.25, -0.2) is 4.79 Å². The number of methoxy groups -OCH3 is 1. The number of esters is 1. The first-order valence-electron chi connectivity index (χ1n) is 9.78. The zero-order valence-electron chi connectivity index (χ0n) is 16.3. The minimum atomic E-state index is -0.503. The quantitative estimate of drug-likeness (QED) is 0.331. The number of ether oxygens (including phenoxy) is 1. The van der Waals surface area contributed by atoms with E-state index in [0.29, 0.717) is 17.8 Å². The number of hydrogen-bond donors (Lipinski definition) is 0. The number of rotatable bonds is 5. The molecule has 29 heavy (non-hydrogen) atoms. The molecule has 1 atom stereocenters. The fourth-order valence-electron chi connectivity index (χ4n) is 4.17. The van der Waals surface area contributed by atoms with Crippen LogP contribution in [0.5, 0.6) is 0 Å². The van der Waals surface area contributed by atoms with E-state index < -0.39 is 5.97 Å². The number of nitrogens with zero attached hydrogens (tertiary/aromatic N) is 5. The molecule has 4 rings (SSSR count). The molecule has 0 saturated carbocycles. The summed E-state index contributed by atoms with van der Waals surface area (Å²) in [5, 5.41) is 20.4. The fraction of sp³-hybridized carbons (Fsp3) is 0.450. The van der Waals surface area contributed by atoms with Crippen molar-refractivity contribution in [1.82, 2.24) is 14.8 Å². The molecule has 9 nitrogen and oxygen atoms in total. The summed E-state index contributed by atoms with van der Waals surface area (Å²) in [5.74, 6) is 1.75. The molecule has 1 fully saturated rings. The van der Waals surface area contributed by atoms with Crippen molar-refractivity contribution in [3.05, 3.63) is 51.6 Å². The van der Waals surface area contributed by atoms with Crippen LogP contribution in [-0.2, 0) is 22.5 Å². The van der Waals surface area contributed by atoms with Gasteiger partial charge in [-0.2, -0.15) is 0 Å². The molecule has 2 aliphatic heterocycles. The Morgan fingerprint density at radius 1 is 1.31 bits per heavy atom. The number of aryl methyl sites for hydroxylation is 1. The van der Waals surface area contributed by atoms with Crippen molar-refractivity contribution < 1.29 is 14.5 Å². The number of nitro groups is 1. The molecule has 152 valence electrons. The van der Waals surface area contributed by atoms with Crippen molar-refractivity contribution in [1.29, 1.82) is 0 Å². The van der Waals surface area contributed by atoms with Gasteiger partial charge in [0.25, 0.3) is 5.69 Å². The van der Waals surface area contributed by atoms with E-state index in [0.717, 1.165) is 50.4 Å². The van der Waals surface area contributed by atoms with Gasteiger partial charge in [0, 0.05) is 44.1 Å². The van der Waals surface area contributed by atoms with Gasteiger partial charge in [-0.05, 0) is 37.0 Å². The highest BCUT2D eigenvalue weighted by Gasteiger charge is 2.30. The number of nitro benzene ring substituents is 1. The second-order valence-electron chi connectivity index (χ2n) is 7.38. The summed E-state index contributed by atoms with van der Waals surface area (Å²) < 4.78 is 6.78. The largest absolute Gasteiger partial charge is 0.466 e. The molecule has 2 aliphatic rings. The highest BCUT2D eigenvalue weighted by atomic mass is 16.6. The number of benzene rings is 1. The maximum Gasteiger partial charge on any atom is 0.330 e. The molecule has 0 aliphatic carbocycles. The van der Waals surface area contributed by atoms with E-state index in [1.807, 2.05) is 0 Å². The zero-order valence-corrected chi connectivity index (χ0v) is 16.3. The lowest BCUT2D eigenvalue weighted by Crippen LogP contribution is -2.35. The Hall–Kier alpha value is -3.23. The van der Waals surface area contributed by atoms with Crippen LogP contribution < -0.4 is 4.90 Å². The third-order valence-corrected chi connectivity index (χ3v) is 5.57. The van der Waals surface area contributed by atoms with Gasteiger partial charge in [0.1, 0.15) is 17.3 Å². The molecule has 9 heteroatoms. The van der Waals surface area contributed by atoms with Crippen LogP contribution in [0.1, 0.15) is 42.4 Å². The van der Waals surface area contributed by atoms with Crippen LogP contribution in [0, 0.1) is 10.1 Å². The number of fused-ring (bicyclic) bond motifs is 1. The van der Waals surface area contributed by atoms with Crippen LogP contribution in [0.15, 0.2) is 24.3 Å². The average molecular weight is 397 g/mol. The number of aromatic nitrogens is 3. The lowest BCUT2D eigenvalue weighted by molar-refractivity contribution is -0.384. The molecular weight excluding hydrogens is 374 g/mol. The molecule has 1 saturated heterocycles. The maximum atomic E-state index is 11.7. The molecule has 0 N–H and O–H groups in total. The molecular formula is C20H23N5O4. The minimum Gasteiger partial charge on any atom is -0.466 e. The topological polar surface area (TPSA) is 103 Å². The second-order valence-corrected chi connectivity index (χ2v) is 7.38. The first-order chi connectivity index (χ1) is 14.1. The van der Waals surface area contributed by atoms with Gasteiger partial charge < -0.3 is 14.2 Å². The first-order valence-corrected chi connectivity index (χ1v) is 9.78. The summed E-state index contributed by atoms with van der Waals surface area (Å²) in [6.07, 6.45) is 6.77. The highest BCUT2D eigenvalue weighted by molar-refractivity contribution is 5.87. The van der Waals surface area contributed by atoms with Gasteiger partial charge in [-0.1, -0.05) is 6.07 Å². The Morgan fingerprint density at radius 3 is 2.97 bits per heavy atom. The summed E-state index contributed by atoms with van der Waals surface area (Å²) in [5.41, 5.74) is 1.20. The third kappa shape index (κ3) is 3.85. The Labute approximate surface area is 168 Å². The monoisotopic (exact) mass is 397 g/mol. The smallest absolute Gasteiger partial charge is 0.330 e. The molecule has 3 heterocycles. The molecule has 1 aromatic carbocycles. The standard InChI is InChI=1S/C20H23N5O4/c1-29-19(26)9-7-14-6-8-16(17(12-14)25(27)28)23-10-2-4-15(13-23)20-22-21-18-5-3-11-24(18)20/h6-9,12,15H,2-5,10-11,13H2,1H3/b9-7+. The van der Waals surface area contributed by atoms with Gasteiger partial charge in [0.2, 0.25) is 0 Å².